The third kappa shape index (κ3) is 4.82. The minimum Gasteiger partial charge on any atom is -0.485 e. The lowest BCUT2D eigenvalue weighted by Crippen LogP contribution is -2.43. The second-order valence-corrected chi connectivity index (χ2v) is 6.70. The number of ether oxygens (including phenoxy) is 3. The fourth-order valence-electron chi connectivity index (χ4n) is 3.03. The highest BCUT2D eigenvalue weighted by molar-refractivity contribution is 5.84. The average molecular weight is 383 g/mol. The summed E-state index contributed by atoms with van der Waals surface area (Å²) in [6.07, 6.45) is -0.912. The van der Waals surface area contributed by atoms with Crippen molar-refractivity contribution in [2.24, 2.45) is 0 Å². The smallest absolute Gasteiger partial charge is 0.351 e. The highest BCUT2D eigenvalue weighted by Gasteiger charge is 2.31. The van der Waals surface area contributed by atoms with Gasteiger partial charge >= 0.3 is 5.97 Å². The summed E-state index contributed by atoms with van der Waals surface area (Å²) >= 11 is 0. The summed E-state index contributed by atoms with van der Waals surface area (Å²) in [4.78, 5) is 24.7. The first-order valence-electron chi connectivity index (χ1n) is 9.50. The Kier molecular flexibility index (Phi) is 6.53. The van der Waals surface area contributed by atoms with Crippen molar-refractivity contribution in [3.05, 3.63) is 60.2 Å². The van der Waals surface area contributed by atoms with E-state index >= 15 is 0 Å². The van der Waals surface area contributed by atoms with Gasteiger partial charge in [0.1, 0.15) is 6.61 Å². The molecule has 0 unspecified atom stereocenters. The second kappa shape index (κ2) is 9.26. The molecule has 148 valence electrons. The third-order valence-corrected chi connectivity index (χ3v) is 4.72. The van der Waals surface area contributed by atoms with Gasteiger partial charge in [-0.15, -0.1) is 0 Å². The van der Waals surface area contributed by atoms with Crippen molar-refractivity contribution < 1.29 is 23.8 Å². The molecule has 3 atom stereocenters. The summed E-state index contributed by atoms with van der Waals surface area (Å²) in [5, 5.41) is 2.87. The monoisotopic (exact) mass is 383 g/mol. The van der Waals surface area contributed by atoms with Crippen LogP contribution in [0.5, 0.6) is 11.5 Å². The normalized spacial score (nSPS) is 17.3. The van der Waals surface area contributed by atoms with Gasteiger partial charge < -0.3 is 19.5 Å². The van der Waals surface area contributed by atoms with Crippen LogP contribution in [0, 0.1) is 0 Å². The Morgan fingerprint density at radius 2 is 1.79 bits per heavy atom. The van der Waals surface area contributed by atoms with E-state index in [1.807, 2.05) is 36.4 Å². The highest BCUT2D eigenvalue weighted by atomic mass is 16.6. The van der Waals surface area contributed by atoms with Crippen LogP contribution < -0.4 is 14.8 Å². The molecule has 1 aliphatic heterocycles. The van der Waals surface area contributed by atoms with E-state index in [0.29, 0.717) is 18.0 Å². The lowest BCUT2D eigenvalue weighted by Gasteiger charge is -2.26. The topological polar surface area (TPSA) is 73.9 Å². The second-order valence-electron chi connectivity index (χ2n) is 6.70. The molecule has 0 aromatic heterocycles. The number of carbonyl (C=O) groups excluding carboxylic acids is 2. The van der Waals surface area contributed by atoms with Gasteiger partial charge in [-0.05, 0) is 31.0 Å². The number of esters is 1. The zero-order chi connectivity index (χ0) is 19.9. The number of amides is 1. The molecule has 0 saturated carbocycles. The van der Waals surface area contributed by atoms with Crippen molar-refractivity contribution >= 4 is 11.9 Å². The molecule has 6 nitrogen and oxygen atoms in total. The summed E-state index contributed by atoms with van der Waals surface area (Å²) in [7, 11) is 0. The molecule has 3 rings (SSSR count). The number of hydrogen-bond acceptors (Lipinski definition) is 5. The van der Waals surface area contributed by atoms with E-state index in [2.05, 4.69) is 12.2 Å². The first-order valence-corrected chi connectivity index (χ1v) is 9.50. The molecule has 0 spiro atoms. The summed E-state index contributed by atoms with van der Waals surface area (Å²) in [5.74, 6) is 0.331. The summed E-state index contributed by atoms with van der Waals surface area (Å²) < 4.78 is 16.4. The largest absolute Gasteiger partial charge is 0.485 e. The fourth-order valence-corrected chi connectivity index (χ4v) is 3.03. The van der Waals surface area contributed by atoms with Crippen molar-refractivity contribution in [3.8, 4) is 11.5 Å². The number of nitrogens with one attached hydrogen (secondary N) is 1. The number of benzene rings is 2. The van der Waals surface area contributed by atoms with Gasteiger partial charge in [0.05, 0.1) is 0 Å². The van der Waals surface area contributed by atoms with Gasteiger partial charge in [-0.1, -0.05) is 49.4 Å². The Labute approximate surface area is 164 Å². The third-order valence-electron chi connectivity index (χ3n) is 4.72. The molecule has 0 aliphatic carbocycles. The van der Waals surface area contributed by atoms with Gasteiger partial charge in [-0.3, -0.25) is 4.79 Å². The Morgan fingerprint density at radius 1 is 1.11 bits per heavy atom. The lowest BCUT2D eigenvalue weighted by molar-refractivity contribution is -0.163. The standard InChI is InChI=1S/C22H25NO5/c1-3-16(17-9-5-4-6-10-17)13-23-21(24)15(2)27-22(25)20-14-26-18-11-7-8-12-19(18)28-20/h4-12,15-16,20H,3,13-14H2,1-2H3,(H,23,24)/t15-,16-,20-/m0/s1. The molecule has 6 heteroatoms. The van der Waals surface area contributed by atoms with Gasteiger partial charge in [0.15, 0.2) is 17.6 Å². The maximum absolute atomic E-state index is 12.4. The zero-order valence-electron chi connectivity index (χ0n) is 16.1. The van der Waals surface area contributed by atoms with Crippen LogP contribution in [0.25, 0.3) is 0 Å². The first-order chi connectivity index (χ1) is 13.6. The molecule has 0 radical (unpaired) electrons. The van der Waals surface area contributed by atoms with E-state index in [1.165, 1.54) is 5.56 Å². The van der Waals surface area contributed by atoms with Crippen molar-refractivity contribution in [3.63, 3.8) is 0 Å². The molecule has 1 aliphatic rings. The Hall–Kier alpha value is -3.02. The van der Waals surface area contributed by atoms with Crippen LogP contribution in [0.15, 0.2) is 54.6 Å². The SMILES string of the molecule is CC[C@@H](CNC(=O)[C@H](C)OC(=O)[C@@H]1COc2ccccc2O1)c1ccccc1. The van der Waals surface area contributed by atoms with Crippen molar-refractivity contribution in [2.45, 2.75) is 38.4 Å². The fraction of sp³-hybridized carbons (Fsp3) is 0.364. The van der Waals surface area contributed by atoms with E-state index in [1.54, 1.807) is 25.1 Å². The van der Waals surface area contributed by atoms with Crippen LogP contribution in [0.3, 0.4) is 0 Å². The van der Waals surface area contributed by atoms with Crippen LogP contribution in [-0.4, -0.2) is 37.2 Å². The molecular weight excluding hydrogens is 358 g/mol. The quantitative estimate of drug-likeness (QED) is 0.744. The van der Waals surface area contributed by atoms with Crippen molar-refractivity contribution in [2.75, 3.05) is 13.2 Å². The Bertz CT molecular complexity index is 808. The summed E-state index contributed by atoms with van der Waals surface area (Å²) in [6, 6.07) is 17.1. The maximum Gasteiger partial charge on any atom is 0.351 e. The van der Waals surface area contributed by atoms with Crippen LogP contribution >= 0.6 is 0 Å². The van der Waals surface area contributed by atoms with E-state index in [-0.39, 0.29) is 18.4 Å². The van der Waals surface area contributed by atoms with Gasteiger partial charge in [0.25, 0.3) is 5.91 Å². The average Bonchev–Trinajstić information content (AvgIpc) is 2.74. The molecule has 1 heterocycles. The van der Waals surface area contributed by atoms with Gasteiger partial charge in [0, 0.05) is 12.5 Å². The number of fused-ring (bicyclic) bond motifs is 1. The summed E-state index contributed by atoms with van der Waals surface area (Å²) in [6.45, 7) is 4.16. The van der Waals surface area contributed by atoms with Crippen molar-refractivity contribution in [1.29, 1.82) is 0 Å². The number of hydrogen-bond donors (Lipinski definition) is 1. The van der Waals surface area contributed by atoms with Crippen LogP contribution in [0.1, 0.15) is 31.7 Å². The molecule has 0 bridgehead atoms. The van der Waals surface area contributed by atoms with E-state index in [4.69, 9.17) is 14.2 Å². The highest BCUT2D eigenvalue weighted by Crippen LogP contribution is 2.31. The molecule has 28 heavy (non-hydrogen) atoms. The molecule has 0 fully saturated rings. The van der Waals surface area contributed by atoms with E-state index in [9.17, 15) is 9.59 Å². The first kappa shape index (κ1) is 19.7. The maximum atomic E-state index is 12.4. The Morgan fingerprint density at radius 3 is 2.50 bits per heavy atom. The molecule has 1 N–H and O–H groups in total. The molecular formula is C22H25NO5. The Balaban J connectivity index is 1.49. The van der Waals surface area contributed by atoms with Gasteiger partial charge in [-0.2, -0.15) is 0 Å². The molecule has 0 saturated heterocycles. The van der Waals surface area contributed by atoms with Crippen LogP contribution in [0.2, 0.25) is 0 Å². The zero-order valence-corrected chi connectivity index (χ0v) is 16.1. The predicted molar refractivity (Wildman–Crippen MR) is 104 cm³/mol. The van der Waals surface area contributed by atoms with Crippen LogP contribution in [0.4, 0.5) is 0 Å². The number of carbonyl (C=O) groups is 2. The van der Waals surface area contributed by atoms with Gasteiger partial charge in [-0.25, -0.2) is 4.79 Å². The van der Waals surface area contributed by atoms with Gasteiger partial charge in [0.2, 0.25) is 6.10 Å². The molecule has 2 aromatic carbocycles. The number of rotatable bonds is 7. The van der Waals surface area contributed by atoms with E-state index < -0.39 is 18.2 Å². The molecule has 1 amide bonds. The van der Waals surface area contributed by atoms with Crippen LogP contribution in [-0.2, 0) is 14.3 Å². The summed E-state index contributed by atoms with van der Waals surface area (Å²) in [5.41, 5.74) is 1.17. The van der Waals surface area contributed by atoms with Crippen molar-refractivity contribution in [1.82, 2.24) is 5.32 Å². The van der Waals surface area contributed by atoms with E-state index in [0.717, 1.165) is 6.42 Å². The molecule has 2 aromatic rings. The predicted octanol–water partition coefficient (Wildman–Crippen LogP) is 3.07. The number of para-hydroxylation sites is 2. The minimum absolute atomic E-state index is 0.0517. The minimum atomic E-state index is -0.915. The lowest BCUT2D eigenvalue weighted by atomic mass is 9.96.